The van der Waals surface area contributed by atoms with Crippen molar-refractivity contribution in [2.75, 3.05) is 27.4 Å². The van der Waals surface area contributed by atoms with Crippen LogP contribution in [0.15, 0.2) is 47.5 Å². The van der Waals surface area contributed by atoms with Crippen molar-refractivity contribution in [2.45, 2.75) is 32.9 Å². The minimum absolute atomic E-state index is 0.0725. The van der Waals surface area contributed by atoms with E-state index in [1.54, 1.807) is 33.2 Å². The normalized spacial score (nSPS) is 12.5. The van der Waals surface area contributed by atoms with Crippen molar-refractivity contribution < 1.29 is 13.9 Å². The number of rotatable bonds is 9. The molecule has 0 aromatic heterocycles. The Morgan fingerprint density at radius 2 is 2.00 bits per heavy atom. The zero-order valence-corrected chi connectivity index (χ0v) is 17.1. The first kappa shape index (κ1) is 21.7. The fourth-order valence-electron chi connectivity index (χ4n) is 2.69. The Balaban J connectivity index is 1.88. The smallest absolute Gasteiger partial charge is 0.191 e. The van der Waals surface area contributed by atoms with Crippen molar-refractivity contribution in [3.63, 3.8) is 0 Å². The maximum absolute atomic E-state index is 13.8. The monoisotopic (exact) mass is 387 g/mol. The molecule has 1 atom stereocenters. The molecular formula is C22H30FN3O2. The molecule has 28 heavy (non-hydrogen) atoms. The first-order chi connectivity index (χ1) is 13.5. The average molecular weight is 387 g/mol. The molecule has 1 unspecified atom stereocenters. The molecule has 152 valence electrons. The van der Waals surface area contributed by atoms with Crippen LogP contribution in [0.1, 0.15) is 36.1 Å². The second-order valence-corrected chi connectivity index (χ2v) is 6.64. The predicted octanol–water partition coefficient (Wildman–Crippen LogP) is 3.98. The number of hydrogen-bond donors (Lipinski definition) is 2. The number of nitrogens with zero attached hydrogens (tertiary/aromatic N) is 1. The lowest BCUT2D eigenvalue weighted by atomic mass is 10.1. The first-order valence-corrected chi connectivity index (χ1v) is 9.47. The summed E-state index contributed by atoms with van der Waals surface area (Å²) in [7, 11) is 3.40. The fraction of sp³-hybridized carbons (Fsp3) is 0.409. The number of aliphatic imine (C=N–C) groups is 1. The van der Waals surface area contributed by atoms with Crippen molar-refractivity contribution in [2.24, 2.45) is 4.99 Å². The zero-order valence-electron chi connectivity index (χ0n) is 17.1. The molecule has 5 nitrogen and oxygen atoms in total. The highest BCUT2D eigenvalue weighted by molar-refractivity contribution is 5.80. The van der Waals surface area contributed by atoms with E-state index < -0.39 is 0 Å². The topological polar surface area (TPSA) is 54.9 Å². The Morgan fingerprint density at radius 3 is 2.71 bits per heavy atom. The Kier molecular flexibility index (Phi) is 8.75. The van der Waals surface area contributed by atoms with Gasteiger partial charge in [0, 0.05) is 33.7 Å². The van der Waals surface area contributed by atoms with E-state index in [2.05, 4.69) is 15.6 Å². The summed E-state index contributed by atoms with van der Waals surface area (Å²) in [5.41, 5.74) is 2.60. The third-order valence-electron chi connectivity index (χ3n) is 4.39. The Bertz CT molecular complexity index is 780. The Labute approximate surface area is 167 Å². The summed E-state index contributed by atoms with van der Waals surface area (Å²) in [6.07, 6.45) is 0.854. The standard InChI is InChI=1S/C22H30FN3O2/c1-16-9-10-19(14-21(16)23)17(2)26-22(24-3)25-15-18-7-5-8-20(13-18)28-12-6-11-27-4/h5,7-10,13-14,17H,6,11-12,15H2,1-4H3,(H2,24,25,26). The van der Waals surface area contributed by atoms with Crippen molar-refractivity contribution in [1.29, 1.82) is 0 Å². The maximum atomic E-state index is 13.8. The lowest BCUT2D eigenvalue weighted by Gasteiger charge is -2.19. The summed E-state index contributed by atoms with van der Waals surface area (Å²) in [6.45, 7) is 5.65. The van der Waals surface area contributed by atoms with Crippen LogP contribution in [0.4, 0.5) is 4.39 Å². The zero-order chi connectivity index (χ0) is 20.4. The van der Waals surface area contributed by atoms with Crippen LogP contribution in [0.5, 0.6) is 5.75 Å². The summed E-state index contributed by atoms with van der Waals surface area (Å²) >= 11 is 0. The lowest BCUT2D eigenvalue weighted by Crippen LogP contribution is -2.38. The summed E-state index contributed by atoms with van der Waals surface area (Å²) in [4.78, 5) is 4.26. The first-order valence-electron chi connectivity index (χ1n) is 9.47. The molecule has 0 amide bonds. The van der Waals surface area contributed by atoms with Gasteiger partial charge in [0.25, 0.3) is 0 Å². The number of ether oxygens (including phenoxy) is 2. The third kappa shape index (κ3) is 6.85. The van der Waals surface area contributed by atoms with Gasteiger partial charge in [-0.1, -0.05) is 24.3 Å². The van der Waals surface area contributed by atoms with E-state index in [-0.39, 0.29) is 11.9 Å². The molecule has 0 aliphatic rings. The van der Waals surface area contributed by atoms with Gasteiger partial charge in [0.2, 0.25) is 0 Å². The van der Waals surface area contributed by atoms with Gasteiger partial charge in [-0.2, -0.15) is 0 Å². The van der Waals surface area contributed by atoms with Gasteiger partial charge in [-0.3, -0.25) is 4.99 Å². The summed E-state index contributed by atoms with van der Waals surface area (Å²) in [5, 5.41) is 6.58. The predicted molar refractivity (Wildman–Crippen MR) is 111 cm³/mol. The van der Waals surface area contributed by atoms with Crippen LogP contribution in [0, 0.1) is 12.7 Å². The van der Waals surface area contributed by atoms with E-state index >= 15 is 0 Å². The molecule has 0 radical (unpaired) electrons. The van der Waals surface area contributed by atoms with Crippen LogP contribution < -0.4 is 15.4 Å². The maximum Gasteiger partial charge on any atom is 0.191 e. The highest BCUT2D eigenvalue weighted by Gasteiger charge is 2.10. The number of benzene rings is 2. The van der Waals surface area contributed by atoms with Crippen LogP contribution in [0.3, 0.4) is 0 Å². The molecule has 2 aromatic carbocycles. The van der Waals surface area contributed by atoms with Crippen LogP contribution in [-0.4, -0.2) is 33.3 Å². The molecule has 2 rings (SSSR count). The Hall–Kier alpha value is -2.60. The van der Waals surface area contributed by atoms with E-state index in [1.165, 1.54) is 0 Å². The number of aryl methyl sites for hydroxylation is 1. The van der Waals surface area contributed by atoms with Crippen LogP contribution in [-0.2, 0) is 11.3 Å². The second kappa shape index (κ2) is 11.3. The van der Waals surface area contributed by atoms with Gasteiger partial charge in [0.1, 0.15) is 11.6 Å². The highest BCUT2D eigenvalue weighted by atomic mass is 19.1. The number of methoxy groups -OCH3 is 1. The number of guanidine groups is 1. The van der Waals surface area contributed by atoms with E-state index in [0.29, 0.717) is 31.3 Å². The molecule has 0 saturated heterocycles. The molecule has 0 fully saturated rings. The van der Waals surface area contributed by atoms with Gasteiger partial charge in [-0.05, 0) is 48.7 Å². The van der Waals surface area contributed by atoms with Crippen LogP contribution in [0.2, 0.25) is 0 Å². The van der Waals surface area contributed by atoms with Gasteiger partial charge in [-0.25, -0.2) is 4.39 Å². The van der Waals surface area contributed by atoms with E-state index in [4.69, 9.17) is 9.47 Å². The van der Waals surface area contributed by atoms with Crippen LogP contribution >= 0.6 is 0 Å². The molecule has 0 spiro atoms. The van der Waals surface area contributed by atoms with Crippen molar-refractivity contribution >= 4 is 5.96 Å². The minimum Gasteiger partial charge on any atom is -0.493 e. The van der Waals surface area contributed by atoms with Crippen molar-refractivity contribution in [3.8, 4) is 5.75 Å². The number of hydrogen-bond acceptors (Lipinski definition) is 3. The second-order valence-electron chi connectivity index (χ2n) is 6.64. The average Bonchev–Trinajstić information content (AvgIpc) is 2.70. The molecule has 0 saturated carbocycles. The highest BCUT2D eigenvalue weighted by Crippen LogP contribution is 2.16. The summed E-state index contributed by atoms with van der Waals surface area (Å²) < 4.78 is 24.6. The SMILES string of the molecule is CN=C(NCc1cccc(OCCCOC)c1)NC(C)c1ccc(C)c(F)c1. The van der Waals surface area contributed by atoms with Crippen LogP contribution in [0.25, 0.3) is 0 Å². The van der Waals surface area contributed by atoms with E-state index in [1.807, 2.05) is 37.3 Å². The largest absolute Gasteiger partial charge is 0.493 e. The van der Waals surface area contributed by atoms with Crippen molar-refractivity contribution in [3.05, 3.63) is 65.0 Å². The molecule has 0 bridgehead atoms. The third-order valence-corrected chi connectivity index (χ3v) is 4.39. The molecule has 2 N–H and O–H groups in total. The van der Waals surface area contributed by atoms with Crippen molar-refractivity contribution in [1.82, 2.24) is 10.6 Å². The summed E-state index contributed by atoms with van der Waals surface area (Å²) in [5.74, 6) is 1.29. The molecule has 0 aliphatic heterocycles. The van der Waals surface area contributed by atoms with Gasteiger partial charge >= 0.3 is 0 Å². The van der Waals surface area contributed by atoms with E-state index in [9.17, 15) is 4.39 Å². The van der Waals surface area contributed by atoms with Gasteiger partial charge in [0.15, 0.2) is 5.96 Å². The summed E-state index contributed by atoms with van der Waals surface area (Å²) in [6, 6.07) is 13.1. The van der Waals surface area contributed by atoms with Gasteiger partial charge in [-0.15, -0.1) is 0 Å². The molecular weight excluding hydrogens is 357 g/mol. The Morgan fingerprint density at radius 1 is 1.18 bits per heavy atom. The minimum atomic E-state index is -0.198. The molecule has 2 aromatic rings. The van der Waals surface area contributed by atoms with E-state index in [0.717, 1.165) is 23.3 Å². The van der Waals surface area contributed by atoms with Gasteiger partial charge in [0.05, 0.1) is 12.6 Å². The number of nitrogens with one attached hydrogen (secondary N) is 2. The van der Waals surface area contributed by atoms with Gasteiger partial charge < -0.3 is 20.1 Å². The number of halogens is 1. The lowest BCUT2D eigenvalue weighted by molar-refractivity contribution is 0.172. The molecule has 0 heterocycles. The quantitative estimate of drug-likeness (QED) is 0.388. The molecule has 0 aliphatic carbocycles. The molecule has 6 heteroatoms. The fourth-order valence-corrected chi connectivity index (χ4v) is 2.69.